The Morgan fingerprint density at radius 1 is 0.724 bits per heavy atom. The van der Waals surface area contributed by atoms with Crippen molar-refractivity contribution >= 4 is 92.5 Å². The smallest absolute Gasteiger partial charge is 0.305 e. The number of fused-ring (bicyclic) bond motifs is 1. The summed E-state index contributed by atoms with van der Waals surface area (Å²) in [5.74, 6) is -3.38. The Bertz CT molecular complexity index is 4570. The predicted octanol–water partition coefficient (Wildman–Crippen LogP) is 12.3. The number of hydrogen-bond acceptors (Lipinski definition) is 26. The molecule has 0 aliphatic rings. The molecule has 0 atom stereocenters. The van der Waals surface area contributed by atoms with Gasteiger partial charge in [-0.25, -0.2) is 9.94 Å². The van der Waals surface area contributed by atoms with E-state index >= 15 is 0 Å². The van der Waals surface area contributed by atoms with Crippen molar-refractivity contribution in [1.29, 1.82) is 0 Å². The first kappa shape index (κ1) is 72.7. The Labute approximate surface area is 575 Å². The van der Waals surface area contributed by atoms with Gasteiger partial charge in [-0.15, -0.1) is 15.3 Å². The van der Waals surface area contributed by atoms with Crippen LogP contribution in [0.5, 0.6) is 57.6 Å². The average molecular weight is 1410 g/mol. The van der Waals surface area contributed by atoms with Crippen LogP contribution in [0.3, 0.4) is 0 Å². The van der Waals surface area contributed by atoms with Crippen molar-refractivity contribution < 1.29 is 79.1 Å². The Kier molecular flexibility index (Phi) is 25.2. The maximum atomic E-state index is 13.2. The minimum Gasteiger partial charge on any atom is -0.508 e. The zero-order valence-electron chi connectivity index (χ0n) is 53.2. The second-order valence-corrected chi connectivity index (χ2v) is 25.0. The first-order chi connectivity index (χ1) is 47.0. The molecule has 0 aliphatic carbocycles. The summed E-state index contributed by atoms with van der Waals surface area (Å²) in [6.07, 6.45) is 4.99. The third-order valence-corrected chi connectivity index (χ3v) is 17.8. The fourth-order valence-electron chi connectivity index (χ4n) is 8.96. The van der Waals surface area contributed by atoms with Crippen LogP contribution in [-0.4, -0.2) is 131 Å². The number of allylic oxidation sites excluding steroid dienone is 1. The van der Waals surface area contributed by atoms with Gasteiger partial charge in [-0.05, 0) is 136 Å². The van der Waals surface area contributed by atoms with Crippen LogP contribution in [-0.2, 0) is 20.2 Å². The molecular formula is C65H64N12O17S4. The number of tetrazole rings is 1. The number of ether oxygens (including phenoxy) is 3. The van der Waals surface area contributed by atoms with Crippen LogP contribution in [0.4, 0.5) is 11.4 Å². The highest BCUT2D eigenvalue weighted by atomic mass is 32.2. The molecule has 510 valence electrons. The molecule has 29 nitrogen and oxygen atoms in total. The Morgan fingerprint density at radius 3 is 2.05 bits per heavy atom. The molecule has 0 unspecified atom stereocenters. The second kappa shape index (κ2) is 34.0. The predicted molar refractivity (Wildman–Crippen MR) is 365 cm³/mol. The number of phenolic OH excluding ortho intramolecular Hbond substituents is 5. The summed E-state index contributed by atoms with van der Waals surface area (Å²) in [4.78, 5) is 64.5. The number of phenols is 5. The van der Waals surface area contributed by atoms with Gasteiger partial charge in [0.1, 0.15) is 35.0 Å². The molecule has 3 aromatic heterocycles. The minimum absolute atomic E-state index is 0.0394. The molecule has 0 saturated carbocycles. The number of carboxylic acids is 1. The molecule has 0 aliphatic heterocycles. The molecule has 10 rings (SSSR count). The van der Waals surface area contributed by atoms with E-state index in [1.54, 1.807) is 69.3 Å². The van der Waals surface area contributed by atoms with Crippen molar-refractivity contribution in [1.82, 2.24) is 50.8 Å². The number of non-ortho nitro benzene ring substituents is 1. The molecular weight excluding hydrogens is 1350 g/mol. The maximum Gasteiger partial charge on any atom is 0.305 e. The van der Waals surface area contributed by atoms with Gasteiger partial charge in [0.2, 0.25) is 16.8 Å². The first-order valence-electron chi connectivity index (χ1n) is 29.3. The van der Waals surface area contributed by atoms with Crippen LogP contribution < -0.4 is 30.2 Å². The summed E-state index contributed by atoms with van der Waals surface area (Å²) in [7, 11) is 0. The van der Waals surface area contributed by atoms with Crippen LogP contribution in [0.2, 0.25) is 0 Å². The van der Waals surface area contributed by atoms with Gasteiger partial charge in [-0.2, -0.15) is 9.78 Å². The van der Waals surface area contributed by atoms with Crippen LogP contribution in [0.15, 0.2) is 146 Å². The fraction of sp³-hybridized carbons (Fsp3) is 0.200. The average Bonchev–Trinajstić information content (AvgIpc) is 1.12. The van der Waals surface area contributed by atoms with Gasteiger partial charge < -0.3 is 65.7 Å². The highest BCUT2D eigenvalue weighted by molar-refractivity contribution is 8.03. The van der Waals surface area contributed by atoms with Crippen molar-refractivity contribution in [2.45, 2.75) is 78.9 Å². The van der Waals surface area contributed by atoms with Gasteiger partial charge in [0.15, 0.2) is 32.5 Å². The number of anilines is 1. The number of rotatable bonds is 25. The summed E-state index contributed by atoms with van der Waals surface area (Å²) < 4.78 is 22.4. The van der Waals surface area contributed by atoms with Crippen molar-refractivity contribution in [3.05, 3.63) is 177 Å². The molecule has 10 N–H and O–H groups in total. The SMILES string of the molecule is C/C=C/OO.CCCNC(=O)c1cc(Oc2cc(C)c(O)cc2NC(=O)COc2ccc(C)cc2C)c(O)c(O)c1Sc1nnc(SC)s1.Cc1nn(-c2ccc([N+](=O)[O-])cc2)c(Oc2cc(C(=O)NCCC(=O)O)c(O)c3ccccc23)c1CSc1nnnn1-c1ccc(O)cc1. The molecule has 0 bridgehead atoms. The standard InChI is InChI=1S/C32H26N8O8S.C30H32N4O7S3.C3H6O2/c1-18-26(17-49-32-34-36-37-39(32)20-10-12-22(41)13-11-20)31(38(35-18)19-6-8-21(9-7-19)40(46)47)48-27-16-25(30(45)33-15-14-28(42)43)29(44)24-5-3-2-4-23(24)27;1-6-9-31-28(39)18-12-23(25(37)26(38)27(18)43-30-34-33-29(42-5)44-30)41-22-11-16(3)20(35)13-19(22)32-24(36)14-40-21-8-7-15(2)10-17(21)4;1-2-3-5-4/h2-13,16,41,44H,14-15,17H2,1H3,(H,33,45)(H,42,43);7-8,10-13,35,37-38H,6,9,14H2,1-5H3,(H,31,39)(H,32,36);2-4H,1H3/b;;3-2+. The molecule has 0 spiro atoms. The van der Waals surface area contributed by atoms with E-state index in [-0.39, 0.29) is 93.1 Å². The number of carbonyl (C=O) groups is 4. The van der Waals surface area contributed by atoms with Crippen LogP contribution in [0.25, 0.3) is 22.1 Å². The quantitative estimate of drug-likeness (QED) is 0.00634. The molecule has 98 heavy (non-hydrogen) atoms. The van der Waals surface area contributed by atoms with E-state index in [1.165, 1.54) is 111 Å². The molecule has 0 saturated heterocycles. The number of nitro groups is 1. The van der Waals surface area contributed by atoms with E-state index in [0.717, 1.165) is 22.9 Å². The normalized spacial score (nSPS) is 10.9. The van der Waals surface area contributed by atoms with E-state index < -0.39 is 40.1 Å². The molecule has 0 radical (unpaired) electrons. The molecule has 7 aromatic carbocycles. The summed E-state index contributed by atoms with van der Waals surface area (Å²) in [6.45, 7) is 10.8. The number of aromatic hydroxyl groups is 5. The lowest BCUT2D eigenvalue weighted by molar-refractivity contribution is -0.384. The maximum absolute atomic E-state index is 13.2. The van der Waals surface area contributed by atoms with Gasteiger partial charge in [-0.3, -0.25) is 29.3 Å². The largest absolute Gasteiger partial charge is 0.508 e. The van der Waals surface area contributed by atoms with Crippen molar-refractivity contribution in [2.75, 3.05) is 31.3 Å². The molecule has 3 heterocycles. The third kappa shape index (κ3) is 18.5. The zero-order chi connectivity index (χ0) is 70.7. The van der Waals surface area contributed by atoms with E-state index in [9.17, 15) is 54.8 Å². The molecule has 33 heteroatoms. The van der Waals surface area contributed by atoms with Crippen molar-refractivity contribution in [3.8, 4) is 69.0 Å². The summed E-state index contributed by atoms with van der Waals surface area (Å²) in [6, 6.07) is 29.8. The van der Waals surface area contributed by atoms with Gasteiger partial charge in [0, 0.05) is 53.4 Å². The van der Waals surface area contributed by atoms with E-state index in [1.807, 2.05) is 39.2 Å². The number of hydrogen-bond donors (Lipinski definition) is 10. The van der Waals surface area contributed by atoms with Crippen LogP contribution in [0, 0.1) is 37.8 Å². The van der Waals surface area contributed by atoms with E-state index in [0.29, 0.717) is 71.5 Å². The lowest BCUT2D eigenvalue weighted by Gasteiger charge is -2.18. The Hall–Kier alpha value is -11.1. The number of amides is 3. The highest BCUT2D eigenvalue weighted by Gasteiger charge is 2.28. The number of nitro benzene ring substituents is 1. The minimum atomic E-state index is -1.09. The molecule has 0 fully saturated rings. The lowest BCUT2D eigenvalue weighted by atomic mass is 10.0. The van der Waals surface area contributed by atoms with Crippen LogP contribution >= 0.6 is 46.6 Å². The topological polar surface area (TPSA) is 413 Å². The number of thioether (sulfide) groups is 2. The van der Waals surface area contributed by atoms with Gasteiger partial charge in [0.05, 0.1) is 50.1 Å². The second-order valence-electron chi connectivity index (χ2n) is 20.8. The zero-order valence-corrected chi connectivity index (χ0v) is 56.5. The number of carbonyl (C=O) groups excluding carboxylic acids is 3. The van der Waals surface area contributed by atoms with E-state index in [2.05, 4.69) is 46.6 Å². The fourth-order valence-corrected chi connectivity index (χ4v) is 12.5. The number of nitrogens with one attached hydrogen (secondary N) is 3. The van der Waals surface area contributed by atoms with Gasteiger partial charge in [0.25, 0.3) is 23.4 Å². The highest BCUT2D eigenvalue weighted by Crippen LogP contribution is 2.50. The molecule has 10 aromatic rings. The van der Waals surface area contributed by atoms with E-state index in [4.69, 9.17) is 29.7 Å². The Morgan fingerprint density at radius 2 is 1.40 bits per heavy atom. The van der Waals surface area contributed by atoms with Crippen molar-refractivity contribution in [2.24, 2.45) is 0 Å². The van der Waals surface area contributed by atoms with Gasteiger partial charge in [-0.1, -0.05) is 95.5 Å². The number of aliphatic carboxylic acids is 1. The molecule has 3 amide bonds. The number of benzene rings is 7. The first-order valence-corrected chi connectivity index (χ1v) is 33.2. The van der Waals surface area contributed by atoms with Gasteiger partial charge >= 0.3 is 5.97 Å². The lowest BCUT2D eigenvalue weighted by Crippen LogP contribution is -2.26. The van der Waals surface area contributed by atoms with Crippen LogP contribution in [0.1, 0.15) is 75.4 Å². The summed E-state index contributed by atoms with van der Waals surface area (Å²) in [5.41, 5.74) is 4.45. The summed E-state index contributed by atoms with van der Waals surface area (Å²) >= 11 is 4.95. The number of nitrogens with zero attached hydrogens (tertiary/aromatic N) is 9. The Balaban J connectivity index is 0.000000235. The third-order valence-electron chi connectivity index (χ3n) is 13.8. The number of carboxylic acid groups (broad SMARTS) is 1. The van der Waals surface area contributed by atoms with Crippen molar-refractivity contribution in [3.63, 3.8) is 0 Å². The number of aryl methyl sites for hydroxylation is 4. The summed E-state index contributed by atoms with van der Waals surface area (Å²) in [5, 5.41) is 115. The monoisotopic (exact) mass is 1410 g/mol. The number of aromatic nitrogens is 8.